The summed E-state index contributed by atoms with van der Waals surface area (Å²) >= 11 is 0. The molecule has 22 heavy (non-hydrogen) atoms. The van der Waals surface area contributed by atoms with Gasteiger partial charge in [-0.05, 0) is 80.2 Å². The average Bonchev–Trinajstić information content (AvgIpc) is 3.35. The van der Waals surface area contributed by atoms with Crippen LogP contribution in [0.4, 0.5) is 0 Å². The molecule has 3 atom stereocenters. The summed E-state index contributed by atoms with van der Waals surface area (Å²) in [6.07, 6.45) is 11.0. The number of fused-ring (bicyclic) bond motifs is 1. The van der Waals surface area contributed by atoms with Crippen LogP contribution < -0.4 is 0 Å². The third-order valence-electron chi connectivity index (χ3n) is 7.12. The molecule has 2 nitrogen and oxygen atoms in total. The molecule has 2 saturated carbocycles. The van der Waals surface area contributed by atoms with Gasteiger partial charge in [0, 0.05) is 18.0 Å². The normalized spacial score (nSPS) is 37.5. The zero-order valence-corrected chi connectivity index (χ0v) is 13.4. The Morgan fingerprint density at radius 1 is 1.14 bits per heavy atom. The number of phenols is 1. The van der Waals surface area contributed by atoms with E-state index in [0.29, 0.717) is 11.2 Å². The first-order valence-corrected chi connectivity index (χ1v) is 9.33. The molecule has 2 bridgehead atoms. The number of aromatic hydroxyl groups is 1. The van der Waals surface area contributed by atoms with Crippen molar-refractivity contribution in [2.75, 3.05) is 13.1 Å². The van der Waals surface area contributed by atoms with E-state index in [1.807, 2.05) is 6.07 Å². The molecule has 4 aliphatic rings. The molecule has 118 valence electrons. The highest BCUT2D eigenvalue weighted by Gasteiger charge is 2.54. The van der Waals surface area contributed by atoms with Gasteiger partial charge in [0.25, 0.3) is 0 Å². The topological polar surface area (TPSA) is 23.5 Å². The number of nitrogens with zero attached hydrogens (tertiary/aromatic N) is 1. The summed E-state index contributed by atoms with van der Waals surface area (Å²) in [6.45, 7) is 2.64. The summed E-state index contributed by atoms with van der Waals surface area (Å²) < 4.78 is 0. The maximum Gasteiger partial charge on any atom is 0.115 e. The Bertz CT molecular complexity index is 593. The third kappa shape index (κ3) is 1.89. The van der Waals surface area contributed by atoms with Gasteiger partial charge in [-0.15, -0.1) is 0 Å². The van der Waals surface area contributed by atoms with E-state index in [-0.39, 0.29) is 0 Å². The number of hydrogen-bond donors (Lipinski definition) is 1. The fourth-order valence-electron chi connectivity index (χ4n) is 5.93. The van der Waals surface area contributed by atoms with Crippen LogP contribution in [-0.4, -0.2) is 29.1 Å². The van der Waals surface area contributed by atoms with Gasteiger partial charge in [0.05, 0.1) is 0 Å². The van der Waals surface area contributed by atoms with Gasteiger partial charge >= 0.3 is 0 Å². The molecular formula is C20H27NO. The van der Waals surface area contributed by atoms with E-state index in [4.69, 9.17) is 0 Å². The lowest BCUT2D eigenvalue weighted by atomic mass is 9.52. The SMILES string of the molecule is Oc1ccc2c(c1)C13CCCC[C@H]1[C@@H](C2)N(CC1CC1)CC3. The Morgan fingerprint density at radius 3 is 2.91 bits per heavy atom. The van der Waals surface area contributed by atoms with Crippen molar-refractivity contribution >= 4 is 0 Å². The molecule has 1 aliphatic heterocycles. The maximum absolute atomic E-state index is 10.0. The van der Waals surface area contributed by atoms with Crippen molar-refractivity contribution in [2.24, 2.45) is 11.8 Å². The van der Waals surface area contributed by atoms with Gasteiger partial charge in [0.2, 0.25) is 0 Å². The highest BCUT2D eigenvalue weighted by atomic mass is 16.3. The standard InChI is InChI=1S/C20H27NO/c22-16-7-6-15-11-19-17-3-1-2-8-20(17,18(15)12-16)9-10-21(19)13-14-4-5-14/h6-7,12,14,17,19,22H,1-5,8-11,13H2/t17-,19+,20?/m0/s1. The van der Waals surface area contributed by atoms with E-state index >= 15 is 0 Å². The van der Waals surface area contributed by atoms with Crippen LogP contribution in [0.25, 0.3) is 0 Å². The number of likely N-dealkylation sites (tertiary alicyclic amines) is 1. The summed E-state index contributed by atoms with van der Waals surface area (Å²) in [5.74, 6) is 2.30. The van der Waals surface area contributed by atoms with Gasteiger partial charge in [-0.1, -0.05) is 18.9 Å². The van der Waals surface area contributed by atoms with Gasteiger partial charge in [-0.25, -0.2) is 0 Å². The van der Waals surface area contributed by atoms with Gasteiger partial charge < -0.3 is 5.11 Å². The fraction of sp³-hybridized carbons (Fsp3) is 0.700. The summed E-state index contributed by atoms with van der Waals surface area (Å²) in [5.41, 5.74) is 3.43. The van der Waals surface area contributed by atoms with Crippen LogP contribution in [0, 0.1) is 11.8 Å². The molecule has 1 unspecified atom stereocenters. The van der Waals surface area contributed by atoms with E-state index < -0.39 is 0 Å². The first kappa shape index (κ1) is 13.4. The monoisotopic (exact) mass is 297 g/mol. The van der Waals surface area contributed by atoms with Gasteiger partial charge in [-0.3, -0.25) is 4.90 Å². The maximum atomic E-state index is 10.0. The molecule has 1 N–H and O–H groups in total. The lowest BCUT2D eigenvalue weighted by Gasteiger charge is -2.59. The molecule has 0 radical (unpaired) electrons. The Morgan fingerprint density at radius 2 is 2.05 bits per heavy atom. The van der Waals surface area contributed by atoms with Crippen molar-refractivity contribution in [3.63, 3.8) is 0 Å². The highest BCUT2D eigenvalue weighted by molar-refractivity contribution is 5.45. The molecular weight excluding hydrogens is 270 g/mol. The number of benzene rings is 1. The largest absolute Gasteiger partial charge is 0.508 e. The zero-order chi connectivity index (χ0) is 14.7. The second kappa shape index (κ2) is 4.74. The zero-order valence-electron chi connectivity index (χ0n) is 13.4. The molecule has 1 aromatic carbocycles. The predicted octanol–water partition coefficient (Wildman–Crippen LogP) is 3.86. The Balaban J connectivity index is 1.58. The van der Waals surface area contributed by atoms with Gasteiger partial charge in [0.1, 0.15) is 5.75 Å². The number of hydrogen-bond acceptors (Lipinski definition) is 2. The van der Waals surface area contributed by atoms with Crippen molar-refractivity contribution in [1.82, 2.24) is 4.90 Å². The summed E-state index contributed by atoms with van der Waals surface area (Å²) in [5, 5.41) is 10.0. The minimum atomic E-state index is 0.384. The Hall–Kier alpha value is -1.02. The van der Waals surface area contributed by atoms with Crippen LogP contribution in [0.1, 0.15) is 56.1 Å². The number of piperidine rings is 1. The highest BCUT2D eigenvalue weighted by Crippen LogP contribution is 2.56. The van der Waals surface area contributed by atoms with E-state index in [0.717, 1.165) is 17.9 Å². The third-order valence-corrected chi connectivity index (χ3v) is 7.12. The van der Waals surface area contributed by atoms with Crippen LogP contribution in [0.5, 0.6) is 5.75 Å². The lowest BCUT2D eigenvalue weighted by Crippen LogP contribution is -2.61. The Labute approximate surface area is 133 Å². The molecule has 1 aromatic rings. The van der Waals surface area contributed by atoms with E-state index in [9.17, 15) is 5.11 Å². The summed E-state index contributed by atoms with van der Waals surface area (Å²) in [7, 11) is 0. The second-order valence-corrected chi connectivity index (χ2v) is 8.31. The van der Waals surface area contributed by atoms with Crippen LogP contribution in [0.3, 0.4) is 0 Å². The van der Waals surface area contributed by atoms with Gasteiger partial charge in [0.15, 0.2) is 0 Å². The summed E-state index contributed by atoms with van der Waals surface area (Å²) in [6, 6.07) is 7.00. The van der Waals surface area contributed by atoms with E-state index in [1.165, 1.54) is 75.6 Å². The smallest absolute Gasteiger partial charge is 0.115 e. The van der Waals surface area contributed by atoms with Crippen LogP contribution >= 0.6 is 0 Å². The van der Waals surface area contributed by atoms with Gasteiger partial charge in [-0.2, -0.15) is 0 Å². The molecule has 3 aliphatic carbocycles. The molecule has 0 aromatic heterocycles. The average molecular weight is 297 g/mol. The summed E-state index contributed by atoms with van der Waals surface area (Å²) in [4.78, 5) is 2.85. The molecule has 1 heterocycles. The molecule has 2 heteroatoms. The van der Waals surface area contributed by atoms with Crippen molar-refractivity contribution in [2.45, 2.75) is 62.8 Å². The van der Waals surface area contributed by atoms with Crippen molar-refractivity contribution in [3.05, 3.63) is 29.3 Å². The fourth-order valence-corrected chi connectivity index (χ4v) is 5.93. The van der Waals surface area contributed by atoms with E-state index in [2.05, 4.69) is 17.0 Å². The molecule has 3 fully saturated rings. The van der Waals surface area contributed by atoms with Crippen molar-refractivity contribution in [3.8, 4) is 5.75 Å². The van der Waals surface area contributed by atoms with Crippen molar-refractivity contribution < 1.29 is 5.11 Å². The molecule has 5 rings (SSSR count). The molecule has 0 amide bonds. The predicted molar refractivity (Wildman–Crippen MR) is 88.1 cm³/mol. The van der Waals surface area contributed by atoms with E-state index in [1.54, 1.807) is 0 Å². The first-order chi connectivity index (χ1) is 10.8. The van der Waals surface area contributed by atoms with Crippen LogP contribution in [-0.2, 0) is 11.8 Å². The van der Waals surface area contributed by atoms with Crippen LogP contribution in [0.2, 0.25) is 0 Å². The minimum absolute atomic E-state index is 0.384. The first-order valence-electron chi connectivity index (χ1n) is 9.33. The van der Waals surface area contributed by atoms with Crippen LogP contribution in [0.15, 0.2) is 18.2 Å². The number of rotatable bonds is 2. The lowest BCUT2D eigenvalue weighted by molar-refractivity contribution is -0.0134. The quantitative estimate of drug-likeness (QED) is 0.896. The molecule has 0 spiro atoms. The second-order valence-electron chi connectivity index (χ2n) is 8.31. The van der Waals surface area contributed by atoms with Crippen molar-refractivity contribution in [1.29, 1.82) is 0 Å². The Kier molecular flexibility index (Phi) is 2.89. The number of phenolic OH excluding ortho intramolecular Hbond substituents is 1. The molecule has 1 saturated heterocycles. The minimum Gasteiger partial charge on any atom is -0.508 e.